The number of rotatable bonds is 4. The SMILES string of the molecule is CC1CC(C)CC(NC(=O)Nc2cnn(CC3CCCO3)c2)C1. The Morgan fingerprint density at radius 2 is 2.13 bits per heavy atom. The number of nitrogens with one attached hydrogen (secondary N) is 2. The zero-order chi connectivity index (χ0) is 16.2. The number of nitrogens with zero attached hydrogens (tertiary/aromatic N) is 2. The molecule has 2 N–H and O–H groups in total. The van der Waals surface area contributed by atoms with E-state index in [-0.39, 0.29) is 18.2 Å². The summed E-state index contributed by atoms with van der Waals surface area (Å²) in [5.74, 6) is 1.36. The zero-order valence-electron chi connectivity index (χ0n) is 14.1. The number of hydrogen-bond donors (Lipinski definition) is 2. The summed E-state index contributed by atoms with van der Waals surface area (Å²) in [7, 11) is 0. The van der Waals surface area contributed by atoms with Crippen LogP contribution in [0.4, 0.5) is 10.5 Å². The quantitative estimate of drug-likeness (QED) is 0.896. The monoisotopic (exact) mass is 320 g/mol. The summed E-state index contributed by atoms with van der Waals surface area (Å²) >= 11 is 0. The predicted octanol–water partition coefficient (Wildman–Crippen LogP) is 3.01. The number of hydrogen-bond acceptors (Lipinski definition) is 3. The molecule has 23 heavy (non-hydrogen) atoms. The molecule has 3 rings (SSSR count). The lowest BCUT2D eigenvalue weighted by molar-refractivity contribution is 0.0940. The molecule has 3 unspecified atom stereocenters. The number of amides is 2. The molecule has 2 heterocycles. The lowest BCUT2D eigenvalue weighted by atomic mass is 9.80. The van der Waals surface area contributed by atoms with Crippen LogP contribution in [0, 0.1) is 11.8 Å². The Balaban J connectivity index is 1.47. The molecule has 3 atom stereocenters. The fourth-order valence-corrected chi connectivity index (χ4v) is 3.94. The van der Waals surface area contributed by atoms with Crippen molar-refractivity contribution in [3.8, 4) is 0 Å². The van der Waals surface area contributed by atoms with Crippen molar-refractivity contribution >= 4 is 11.7 Å². The van der Waals surface area contributed by atoms with Crippen LogP contribution in [0.3, 0.4) is 0 Å². The molecule has 2 amide bonds. The second kappa shape index (κ2) is 7.34. The standard InChI is InChI=1S/C17H28N4O2/c1-12-6-13(2)8-14(7-12)19-17(22)20-15-9-18-21(10-15)11-16-4-3-5-23-16/h9-10,12-14,16H,3-8,11H2,1-2H3,(H2,19,20,22). The Kier molecular flexibility index (Phi) is 5.20. The van der Waals surface area contributed by atoms with E-state index in [9.17, 15) is 4.79 Å². The summed E-state index contributed by atoms with van der Waals surface area (Å²) in [5.41, 5.74) is 0.734. The van der Waals surface area contributed by atoms with Gasteiger partial charge in [-0.15, -0.1) is 0 Å². The van der Waals surface area contributed by atoms with Crippen LogP contribution in [0.2, 0.25) is 0 Å². The van der Waals surface area contributed by atoms with Crippen molar-refractivity contribution in [3.05, 3.63) is 12.4 Å². The van der Waals surface area contributed by atoms with E-state index in [0.29, 0.717) is 11.8 Å². The van der Waals surface area contributed by atoms with Gasteiger partial charge in [0, 0.05) is 18.8 Å². The second-order valence-electron chi connectivity index (χ2n) is 7.30. The summed E-state index contributed by atoms with van der Waals surface area (Å²) in [6.45, 7) is 6.12. The van der Waals surface area contributed by atoms with Gasteiger partial charge in [-0.3, -0.25) is 4.68 Å². The number of anilines is 1. The van der Waals surface area contributed by atoms with Gasteiger partial charge in [0.1, 0.15) is 0 Å². The molecule has 2 aliphatic rings. The summed E-state index contributed by atoms with van der Waals surface area (Å²) in [4.78, 5) is 12.2. The molecule has 0 aromatic carbocycles. The molecule has 0 radical (unpaired) electrons. The van der Waals surface area contributed by atoms with Crippen molar-refractivity contribution in [1.29, 1.82) is 0 Å². The molecule has 128 valence electrons. The summed E-state index contributed by atoms with van der Waals surface area (Å²) in [6, 6.07) is 0.142. The van der Waals surface area contributed by atoms with Crippen LogP contribution in [-0.4, -0.2) is 34.6 Å². The number of aromatic nitrogens is 2. The van der Waals surface area contributed by atoms with Crippen LogP contribution in [0.25, 0.3) is 0 Å². The van der Waals surface area contributed by atoms with Crippen LogP contribution < -0.4 is 10.6 Å². The molecule has 0 spiro atoms. The van der Waals surface area contributed by atoms with E-state index >= 15 is 0 Å². The van der Waals surface area contributed by atoms with E-state index in [1.807, 2.05) is 10.9 Å². The van der Waals surface area contributed by atoms with Crippen LogP contribution in [0.15, 0.2) is 12.4 Å². The Hall–Kier alpha value is -1.56. The highest BCUT2D eigenvalue weighted by Gasteiger charge is 2.25. The van der Waals surface area contributed by atoms with Gasteiger partial charge in [-0.05, 0) is 43.9 Å². The van der Waals surface area contributed by atoms with Gasteiger partial charge in [-0.2, -0.15) is 5.10 Å². The molecule has 6 nitrogen and oxygen atoms in total. The highest BCUT2D eigenvalue weighted by atomic mass is 16.5. The molecule has 0 bridgehead atoms. The van der Waals surface area contributed by atoms with Gasteiger partial charge in [0.25, 0.3) is 0 Å². The lowest BCUT2D eigenvalue weighted by Crippen LogP contribution is -2.42. The molecule has 1 aliphatic carbocycles. The molecule has 1 aromatic heterocycles. The van der Waals surface area contributed by atoms with Crippen molar-refractivity contribution in [3.63, 3.8) is 0 Å². The smallest absolute Gasteiger partial charge is 0.319 e. The van der Waals surface area contributed by atoms with Crippen LogP contribution in [0.5, 0.6) is 0 Å². The predicted molar refractivity (Wildman–Crippen MR) is 89.3 cm³/mol. The molecular formula is C17H28N4O2. The van der Waals surface area contributed by atoms with Gasteiger partial charge in [-0.1, -0.05) is 13.8 Å². The van der Waals surface area contributed by atoms with Gasteiger partial charge < -0.3 is 15.4 Å². The van der Waals surface area contributed by atoms with E-state index in [1.54, 1.807) is 6.20 Å². The Morgan fingerprint density at radius 3 is 2.83 bits per heavy atom. The topological polar surface area (TPSA) is 68.2 Å². The molecule has 1 aliphatic heterocycles. The minimum atomic E-state index is -0.132. The van der Waals surface area contributed by atoms with Crippen LogP contribution >= 0.6 is 0 Å². The minimum Gasteiger partial charge on any atom is -0.376 e. The average molecular weight is 320 g/mol. The largest absolute Gasteiger partial charge is 0.376 e. The van der Waals surface area contributed by atoms with E-state index in [0.717, 1.165) is 44.5 Å². The van der Waals surface area contributed by atoms with Gasteiger partial charge >= 0.3 is 6.03 Å². The maximum atomic E-state index is 12.2. The summed E-state index contributed by atoms with van der Waals surface area (Å²) in [5, 5.41) is 10.3. The highest BCUT2D eigenvalue weighted by molar-refractivity contribution is 5.89. The third-order valence-corrected chi connectivity index (χ3v) is 4.82. The summed E-state index contributed by atoms with van der Waals surface area (Å²) < 4.78 is 7.45. The van der Waals surface area contributed by atoms with Crippen LogP contribution in [0.1, 0.15) is 46.0 Å². The summed E-state index contributed by atoms with van der Waals surface area (Å²) in [6.07, 6.45) is 9.41. The van der Waals surface area contributed by atoms with Gasteiger partial charge in [0.05, 0.1) is 24.5 Å². The van der Waals surface area contributed by atoms with Gasteiger partial charge in [-0.25, -0.2) is 4.79 Å². The number of urea groups is 1. The maximum Gasteiger partial charge on any atom is 0.319 e. The fraction of sp³-hybridized carbons (Fsp3) is 0.765. The Labute approximate surface area is 138 Å². The zero-order valence-corrected chi connectivity index (χ0v) is 14.1. The minimum absolute atomic E-state index is 0.132. The van der Waals surface area contributed by atoms with E-state index in [2.05, 4.69) is 29.6 Å². The van der Waals surface area contributed by atoms with E-state index in [1.165, 1.54) is 6.42 Å². The van der Waals surface area contributed by atoms with E-state index < -0.39 is 0 Å². The lowest BCUT2D eigenvalue weighted by Gasteiger charge is -2.31. The number of carbonyl (C=O) groups excluding carboxylic acids is 1. The van der Waals surface area contributed by atoms with Crippen molar-refractivity contribution in [2.24, 2.45) is 11.8 Å². The fourth-order valence-electron chi connectivity index (χ4n) is 3.94. The molecular weight excluding hydrogens is 292 g/mol. The van der Waals surface area contributed by atoms with E-state index in [4.69, 9.17) is 4.74 Å². The van der Waals surface area contributed by atoms with Crippen molar-refractivity contribution in [2.75, 3.05) is 11.9 Å². The van der Waals surface area contributed by atoms with Crippen LogP contribution in [-0.2, 0) is 11.3 Å². The normalized spacial score (nSPS) is 31.0. The Bertz CT molecular complexity index is 514. The molecule has 6 heteroatoms. The van der Waals surface area contributed by atoms with Gasteiger partial charge in [0.2, 0.25) is 0 Å². The first-order chi connectivity index (χ1) is 11.1. The molecule has 1 saturated carbocycles. The highest BCUT2D eigenvalue weighted by Crippen LogP contribution is 2.28. The van der Waals surface area contributed by atoms with Gasteiger partial charge in [0.15, 0.2) is 0 Å². The number of ether oxygens (including phenoxy) is 1. The third kappa shape index (κ3) is 4.70. The number of carbonyl (C=O) groups is 1. The van der Waals surface area contributed by atoms with Crippen molar-refractivity contribution < 1.29 is 9.53 Å². The second-order valence-corrected chi connectivity index (χ2v) is 7.30. The molecule has 2 fully saturated rings. The average Bonchev–Trinajstić information content (AvgIpc) is 3.10. The first-order valence-corrected chi connectivity index (χ1v) is 8.80. The Morgan fingerprint density at radius 1 is 1.35 bits per heavy atom. The first-order valence-electron chi connectivity index (χ1n) is 8.80. The third-order valence-electron chi connectivity index (χ3n) is 4.82. The molecule has 1 aromatic rings. The molecule has 1 saturated heterocycles. The van der Waals surface area contributed by atoms with Crippen molar-refractivity contribution in [1.82, 2.24) is 15.1 Å². The maximum absolute atomic E-state index is 12.2. The first kappa shape index (κ1) is 16.3. The van der Waals surface area contributed by atoms with Crippen molar-refractivity contribution in [2.45, 2.75) is 64.6 Å².